The van der Waals surface area contributed by atoms with Gasteiger partial charge in [-0.3, -0.25) is 9.48 Å². The lowest BCUT2D eigenvalue weighted by atomic mass is 10.0. The van der Waals surface area contributed by atoms with Gasteiger partial charge in [-0.05, 0) is 18.4 Å². The zero-order chi connectivity index (χ0) is 16.1. The summed E-state index contributed by atoms with van der Waals surface area (Å²) >= 11 is 0. The molecule has 0 fully saturated rings. The Morgan fingerprint density at radius 3 is 3.00 bits per heavy atom. The Bertz CT molecular complexity index is 641. The van der Waals surface area contributed by atoms with E-state index in [1.54, 1.807) is 4.68 Å². The Hall–Kier alpha value is -2.21. The number of carbonyl (C=O) groups is 1. The smallest absolute Gasteiger partial charge is 0.223 e. The van der Waals surface area contributed by atoms with Crippen molar-refractivity contribution in [1.29, 1.82) is 0 Å². The van der Waals surface area contributed by atoms with Crippen LogP contribution in [0, 0.1) is 5.92 Å². The third-order valence-electron chi connectivity index (χ3n) is 4.07. The van der Waals surface area contributed by atoms with Crippen LogP contribution in [-0.2, 0) is 29.1 Å². The second-order valence-corrected chi connectivity index (χ2v) is 6.07. The van der Waals surface area contributed by atoms with Crippen molar-refractivity contribution >= 4 is 5.91 Å². The molecule has 0 saturated carbocycles. The maximum absolute atomic E-state index is 12.4. The molecule has 3 rings (SSSR count). The van der Waals surface area contributed by atoms with Crippen LogP contribution in [0.2, 0.25) is 0 Å². The zero-order valence-electron chi connectivity index (χ0n) is 13.3. The Kier molecular flexibility index (Phi) is 5.02. The molecule has 1 aromatic carbocycles. The maximum Gasteiger partial charge on any atom is 0.223 e. The van der Waals surface area contributed by atoms with E-state index in [0.29, 0.717) is 19.8 Å². The van der Waals surface area contributed by atoms with Crippen molar-refractivity contribution in [2.45, 2.75) is 39.0 Å². The summed E-state index contributed by atoms with van der Waals surface area (Å²) in [5, 5.41) is 11.3. The summed E-state index contributed by atoms with van der Waals surface area (Å²) in [7, 11) is 0. The number of ether oxygens (including phenoxy) is 1. The van der Waals surface area contributed by atoms with E-state index < -0.39 is 0 Å². The third-order valence-corrected chi connectivity index (χ3v) is 4.07. The Labute approximate surface area is 135 Å². The molecule has 0 spiro atoms. The normalized spacial score (nSPS) is 22.7. The molecule has 23 heavy (non-hydrogen) atoms. The number of nitrogens with one attached hydrogen (secondary N) is 1. The lowest BCUT2D eigenvalue weighted by Crippen LogP contribution is -2.42. The molecule has 2 aromatic rings. The van der Waals surface area contributed by atoms with E-state index >= 15 is 0 Å². The summed E-state index contributed by atoms with van der Waals surface area (Å²) in [5.74, 6) is -0.00390. The molecule has 1 aliphatic heterocycles. The number of fused-ring (bicyclic) bond motifs is 2. The first kappa shape index (κ1) is 15.7. The zero-order valence-corrected chi connectivity index (χ0v) is 13.3. The van der Waals surface area contributed by atoms with Crippen LogP contribution in [0.5, 0.6) is 0 Å². The molecule has 1 amide bonds. The van der Waals surface area contributed by atoms with Gasteiger partial charge in [0.05, 0.1) is 25.5 Å². The first-order valence-corrected chi connectivity index (χ1v) is 8.02. The molecule has 6 heteroatoms. The monoisotopic (exact) mass is 314 g/mol. The van der Waals surface area contributed by atoms with Crippen molar-refractivity contribution in [1.82, 2.24) is 20.3 Å². The molecule has 2 atom stereocenters. The van der Waals surface area contributed by atoms with Crippen molar-refractivity contribution in [3.63, 3.8) is 0 Å². The highest BCUT2D eigenvalue weighted by molar-refractivity contribution is 5.78. The van der Waals surface area contributed by atoms with Crippen molar-refractivity contribution in [2.75, 3.05) is 6.61 Å². The molecule has 6 nitrogen and oxygen atoms in total. The minimum atomic E-state index is -0.0691. The van der Waals surface area contributed by atoms with E-state index in [-0.39, 0.29) is 17.9 Å². The van der Waals surface area contributed by atoms with Crippen LogP contribution in [0.3, 0.4) is 0 Å². The van der Waals surface area contributed by atoms with Crippen LogP contribution in [0.15, 0.2) is 36.5 Å². The molecule has 1 aromatic heterocycles. The summed E-state index contributed by atoms with van der Waals surface area (Å²) in [6.45, 7) is 3.50. The van der Waals surface area contributed by atoms with E-state index in [9.17, 15) is 4.79 Å². The molecule has 2 bridgehead atoms. The number of aromatic nitrogens is 3. The molecule has 0 saturated heterocycles. The minimum Gasteiger partial charge on any atom is -0.373 e. The number of benzene rings is 1. The van der Waals surface area contributed by atoms with E-state index in [0.717, 1.165) is 18.5 Å². The fraction of sp³-hybridized carbons (Fsp3) is 0.471. The van der Waals surface area contributed by atoms with Gasteiger partial charge in [0.25, 0.3) is 0 Å². The number of rotatable bonds is 2. The Morgan fingerprint density at radius 1 is 1.35 bits per heavy atom. The SMILES string of the molecule is C[C@@H]1CCn2cc(nn2)COC[C@H](Cc2ccccc2)NC1=O. The summed E-state index contributed by atoms with van der Waals surface area (Å²) in [6, 6.07) is 10.1. The van der Waals surface area contributed by atoms with Crippen LogP contribution in [0.25, 0.3) is 0 Å². The molecule has 1 aliphatic rings. The average molecular weight is 314 g/mol. The van der Waals surface area contributed by atoms with Gasteiger partial charge in [0, 0.05) is 12.5 Å². The molecule has 0 radical (unpaired) electrons. The first-order valence-electron chi connectivity index (χ1n) is 8.02. The van der Waals surface area contributed by atoms with E-state index in [1.807, 2.05) is 31.3 Å². The lowest BCUT2D eigenvalue weighted by molar-refractivity contribution is -0.126. The van der Waals surface area contributed by atoms with Crippen molar-refractivity contribution in [3.05, 3.63) is 47.8 Å². The van der Waals surface area contributed by atoms with Crippen LogP contribution >= 0.6 is 0 Å². The van der Waals surface area contributed by atoms with Gasteiger partial charge in [-0.25, -0.2) is 0 Å². The largest absolute Gasteiger partial charge is 0.373 e. The number of amides is 1. The fourth-order valence-electron chi connectivity index (χ4n) is 2.67. The number of hydrogen-bond donors (Lipinski definition) is 1. The van der Waals surface area contributed by atoms with Gasteiger partial charge in [-0.15, -0.1) is 5.10 Å². The Morgan fingerprint density at radius 2 is 2.17 bits per heavy atom. The van der Waals surface area contributed by atoms with Gasteiger partial charge >= 0.3 is 0 Å². The number of aryl methyl sites for hydroxylation is 1. The van der Waals surface area contributed by atoms with Crippen molar-refractivity contribution in [2.24, 2.45) is 5.92 Å². The predicted octanol–water partition coefficient (Wildman–Crippen LogP) is 1.56. The predicted molar refractivity (Wildman–Crippen MR) is 85.5 cm³/mol. The summed E-state index contributed by atoms with van der Waals surface area (Å²) < 4.78 is 7.51. The van der Waals surface area contributed by atoms with Crippen LogP contribution in [0.4, 0.5) is 0 Å². The van der Waals surface area contributed by atoms with Crippen LogP contribution in [0.1, 0.15) is 24.6 Å². The molecule has 2 heterocycles. The summed E-state index contributed by atoms with van der Waals surface area (Å²) in [4.78, 5) is 12.4. The Balaban J connectivity index is 1.71. The number of carbonyl (C=O) groups excluding carboxylic acids is 1. The summed E-state index contributed by atoms with van der Waals surface area (Å²) in [6.07, 6.45) is 3.39. The van der Waals surface area contributed by atoms with Gasteiger partial charge in [0.2, 0.25) is 5.91 Å². The summed E-state index contributed by atoms with van der Waals surface area (Å²) in [5.41, 5.74) is 2.01. The molecular weight excluding hydrogens is 292 g/mol. The molecule has 1 N–H and O–H groups in total. The molecule has 0 unspecified atom stereocenters. The number of nitrogens with zero attached hydrogens (tertiary/aromatic N) is 3. The quantitative estimate of drug-likeness (QED) is 0.913. The van der Waals surface area contributed by atoms with E-state index in [1.165, 1.54) is 5.56 Å². The van der Waals surface area contributed by atoms with Gasteiger partial charge in [-0.1, -0.05) is 42.5 Å². The second kappa shape index (κ2) is 7.37. The topological polar surface area (TPSA) is 69.0 Å². The number of hydrogen-bond acceptors (Lipinski definition) is 4. The first-order chi connectivity index (χ1) is 11.2. The molecule has 0 aliphatic carbocycles. The highest BCUT2D eigenvalue weighted by atomic mass is 16.5. The molecule has 122 valence electrons. The lowest BCUT2D eigenvalue weighted by Gasteiger charge is -2.21. The van der Waals surface area contributed by atoms with Gasteiger partial charge in [0.15, 0.2) is 0 Å². The average Bonchev–Trinajstić information content (AvgIpc) is 3.00. The minimum absolute atomic E-state index is 0.0400. The van der Waals surface area contributed by atoms with Gasteiger partial charge in [0.1, 0.15) is 5.69 Å². The van der Waals surface area contributed by atoms with Crippen LogP contribution < -0.4 is 5.32 Å². The van der Waals surface area contributed by atoms with Gasteiger partial charge < -0.3 is 10.1 Å². The van der Waals surface area contributed by atoms with Crippen molar-refractivity contribution in [3.8, 4) is 0 Å². The fourth-order valence-corrected chi connectivity index (χ4v) is 2.67. The van der Waals surface area contributed by atoms with Gasteiger partial charge in [-0.2, -0.15) is 0 Å². The second-order valence-electron chi connectivity index (χ2n) is 6.07. The highest BCUT2D eigenvalue weighted by Gasteiger charge is 2.19. The van der Waals surface area contributed by atoms with Crippen LogP contribution in [-0.4, -0.2) is 33.5 Å². The molecular formula is C17H22N4O2. The standard InChI is InChI=1S/C17H22N4O2/c1-13-7-8-21-10-16(19-20-21)12-23-11-15(18-17(13)22)9-14-5-3-2-4-6-14/h2-6,10,13,15H,7-9,11-12H2,1H3,(H,18,22)/t13-,15+/m1/s1. The van der Waals surface area contributed by atoms with E-state index in [2.05, 4.69) is 27.8 Å². The maximum atomic E-state index is 12.4. The highest BCUT2D eigenvalue weighted by Crippen LogP contribution is 2.10. The van der Waals surface area contributed by atoms with E-state index in [4.69, 9.17) is 4.74 Å². The van der Waals surface area contributed by atoms with Crippen molar-refractivity contribution < 1.29 is 9.53 Å². The third kappa shape index (κ3) is 4.39.